The van der Waals surface area contributed by atoms with Gasteiger partial charge in [-0.05, 0) is 18.9 Å². The van der Waals surface area contributed by atoms with E-state index in [-0.39, 0.29) is 0 Å². The molecule has 2 aromatic heterocycles. The van der Waals surface area contributed by atoms with Gasteiger partial charge >= 0.3 is 0 Å². The fourth-order valence-electron chi connectivity index (χ4n) is 2.90. The molecule has 3 aromatic rings. The monoisotopic (exact) mass is 271 g/mol. The fourth-order valence-corrected chi connectivity index (χ4v) is 3.05. The Bertz CT molecular complexity index is 851. The van der Waals surface area contributed by atoms with Crippen molar-refractivity contribution in [2.24, 2.45) is 5.16 Å². The van der Waals surface area contributed by atoms with Crippen molar-refractivity contribution in [2.75, 3.05) is 0 Å². The standard InChI is InChI=1S/C14H10ClN3O/c15-12-5-9-7(6-16-12)1-2-8-13-10(17-14(8)9)3-4-11(13)18-19/h1-2,5-6,17,19H,3-4H2/b18-11+. The van der Waals surface area contributed by atoms with Gasteiger partial charge in [0.1, 0.15) is 5.15 Å². The molecule has 0 spiro atoms. The molecule has 0 radical (unpaired) electrons. The summed E-state index contributed by atoms with van der Waals surface area (Å²) < 4.78 is 0. The first-order valence-electron chi connectivity index (χ1n) is 6.08. The summed E-state index contributed by atoms with van der Waals surface area (Å²) >= 11 is 5.98. The number of aromatic amines is 1. The molecule has 0 unspecified atom stereocenters. The number of pyridine rings is 1. The van der Waals surface area contributed by atoms with Gasteiger partial charge in [0, 0.05) is 33.6 Å². The van der Waals surface area contributed by atoms with Gasteiger partial charge < -0.3 is 10.2 Å². The second kappa shape index (κ2) is 3.71. The molecule has 0 saturated carbocycles. The number of nitrogens with zero attached hydrogens (tertiary/aromatic N) is 2. The van der Waals surface area contributed by atoms with E-state index in [0.29, 0.717) is 5.15 Å². The summed E-state index contributed by atoms with van der Waals surface area (Å²) in [6, 6.07) is 5.92. The number of hydrogen-bond donors (Lipinski definition) is 2. The molecule has 1 aromatic carbocycles. The molecular weight excluding hydrogens is 262 g/mol. The molecular formula is C14H10ClN3O. The molecule has 4 nitrogen and oxygen atoms in total. The van der Waals surface area contributed by atoms with E-state index in [4.69, 9.17) is 16.8 Å². The third kappa shape index (κ3) is 1.40. The van der Waals surface area contributed by atoms with Gasteiger partial charge in [0.15, 0.2) is 0 Å². The van der Waals surface area contributed by atoms with Crippen molar-refractivity contribution in [3.05, 3.63) is 40.8 Å². The zero-order chi connectivity index (χ0) is 13.0. The molecule has 0 saturated heterocycles. The highest BCUT2D eigenvalue weighted by atomic mass is 35.5. The van der Waals surface area contributed by atoms with Crippen LogP contribution in [0.5, 0.6) is 0 Å². The molecule has 0 aliphatic heterocycles. The van der Waals surface area contributed by atoms with E-state index in [0.717, 1.165) is 51.5 Å². The van der Waals surface area contributed by atoms with Gasteiger partial charge in [0.05, 0.1) is 11.2 Å². The summed E-state index contributed by atoms with van der Waals surface area (Å²) in [6.45, 7) is 0. The van der Waals surface area contributed by atoms with E-state index >= 15 is 0 Å². The summed E-state index contributed by atoms with van der Waals surface area (Å²) in [4.78, 5) is 7.53. The Morgan fingerprint density at radius 3 is 3.00 bits per heavy atom. The van der Waals surface area contributed by atoms with Crippen LogP contribution in [0.25, 0.3) is 21.7 Å². The first kappa shape index (κ1) is 10.8. The van der Waals surface area contributed by atoms with Gasteiger partial charge in [-0.2, -0.15) is 0 Å². The number of rotatable bonds is 0. The first-order valence-corrected chi connectivity index (χ1v) is 6.46. The molecule has 94 valence electrons. The normalized spacial score (nSPS) is 16.6. The van der Waals surface area contributed by atoms with Crippen molar-refractivity contribution in [1.29, 1.82) is 0 Å². The van der Waals surface area contributed by atoms with Gasteiger partial charge in [-0.25, -0.2) is 4.98 Å². The lowest BCUT2D eigenvalue weighted by molar-refractivity contribution is 0.318. The highest BCUT2D eigenvalue weighted by Crippen LogP contribution is 2.34. The Morgan fingerprint density at radius 2 is 2.16 bits per heavy atom. The Balaban J connectivity index is 2.17. The van der Waals surface area contributed by atoms with Crippen LogP contribution in [0.4, 0.5) is 0 Å². The molecule has 5 heteroatoms. The second-order valence-electron chi connectivity index (χ2n) is 4.74. The summed E-state index contributed by atoms with van der Waals surface area (Å²) in [7, 11) is 0. The quantitative estimate of drug-likeness (QED) is 0.373. The zero-order valence-electron chi connectivity index (χ0n) is 9.94. The average molecular weight is 272 g/mol. The van der Waals surface area contributed by atoms with Crippen LogP contribution in [-0.2, 0) is 6.42 Å². The SMILES string of the molecule is O/N=C1\CCc2[nH]c3c(ccc4cnc(Cl)cc43)c21. The molecule has 0 atom stereocenters. The molecule has 0 fully saturated rings. The lowest BCUT2D eigenvalue weighted by Crippen LogP contribution is -1.93. The van der Waals surface area contributed by atoms with E-state index in [1.165, 1.54) is 0 Å². The van der Waals surface area contributed by atoms with Crippen LogP contribution in [0, 0.1) is 0 Å². The van der Waals surface area contributed by atoms with Crippen molar-refractivity contribution in [3.8, 4) is 0 Å². The molecule has 4 rings (SSSR count). The number of fused-ring (bicyclic) bond motifs is 5. The minimum absolute atomic E-state index is 0.478. The van der Waals surface area contributed by atoms with E-state index < -0.39 is 0 Å². The van der Waals surface area contributed by atoms with E-state index in [1.807, 2.05) is 18.2 Å². The minimum atomic E-state index is 0.478. The van der Waals surface area contributed by atoms with Crippen LogP contribution in [0.2, 0.25) is 5.15 Å². The topological polar surface area (TPSA) is 61.3 Å². The van der Waals surface area contributed by atoms with Gasteiger partial charge in [-0.15, -0.1) is 0 Å². The zero-order valence-corrected chi connectivity index (χ0v) is 10.7. The molecule has 1 aliphatic carbocycles. The van der Waals surface area contributed by atoms with E-state index in [1.54, 1.807) is 6.20 Å². The Labute approximate surface area is 113 Å². The summed E-state index contributed by atoms with van der Waals surface area (Å²) in [5.41, 5.74) is 3.95. The molecule has 0 amide bonds. The Kier molecular flexibility index (Phi) is 2.11. The number of hydrogen-bond acceptors (Lipinski definition) is 3. The molecule has 19 heavy (non-hydrogen) atoms. The van der Waals surface area contributed by atoms with Gasteiger partial charge in [0.25, 0.3) is 0 Å². The predicted molar refractivity (Wildman–Crippen MR) is 75.3 cm³/mol. The number of benzene rings is 1. The molecule has 1 aliphatic rings. The van der Waals surface area contributed by atoms with Crippen molar-refractivity contribution < 1.29 is 5.21 Å². The van der Waals surface area contributed by atoms with Crippen LogP contribution in [0.15, 0.2) is 29.6 Å². The van der Waals surface area contributed by atoms with Crippen LogP contribution >= 0.6 is 11.6 Å². The van der Waals surface area contributed by atoms with Gasteiger partial charge in [-0.3, -0.25) is 0 Å². The van der Waals surface area contributed by atoms with Crippen molar-refractivity contribution >= 4 is 39.0 Å². The number of halogens is 1. The highest BCUT2D eigenvalue weighted by Gasteiger charge is 2.24. The lowest BCUT2D eigenvalue weighted by Gasteiger charge is -2.01. The lowest BCUT2D eigenvalue weighted by atomic mass is 10.1. The van der Waals surface area contributed by atoms with Gasteiger partial charge in [0.2, 0.25) is 0 Å². The maximum atomic E-state index is 9.09. The molecule has 0 bridgehead atoms. The minimum Gasteiger partial charge on any atom is -0.411 e. The van der Waals surface area contributed by atoms with Crippen LogP contribution in [-0.4, -0.2) is 20.9 Å². The van der Waals surface area contributed by atoms with Crippen LogP contribution in [0.1, 0.15) is 17.7 Å². The largest absolute Gasteiger partial charge is 0.411 e. The average Bonchev–Trinajstić information content (AvgIpc) is 2.97. The fraction of sp³-hybridized carbons (Fsp3) is 0.143. The second-order valence-corrected chi connectivity index (χ2v) is 5.13. The number of oxime groups is 1. The Hall–Kier alpha value is -2.07. The summed E-state index contributed by atoms with van der Waals surface area (Å²) in [6.07, 6.45) is 3.43. The van der Waals surface area contributed by atoms with Crippen molar-refractivity contribution in [3.63, 3.8) is 0 Å². The maximum absolute atomic E-state index is 9.09. The first-order chi connectivity index (χ1) is 9.28. The van der Waals surface area contributed by atoms with Crippen molar-refractivity contribution in [2.45, 2.75) is 12.8 Å². The van der Waals surface area contributed by atoms with Crippen molar-refractivity contribution in [1.82, 2.24) is 9.97 Å². The summed E-state index contributed by atoms with van der Waals surface area (Å²) in [5.74, 6) is 0. The van der Waals surface area contributed by atoms with Crippen LogP contribution in [0.3, 0.4) is 0 Å². The molecule has 2 heterocycles. The third-order valence-corrected chi connectivity index (χ3v) is 3.94. The third-order valence-electron chi connectivity index (χ3n) is 3.74. The number of nitrogens with one attached hydrogen (secondary N) is 1. The summed E-state index contributed by atoms with van der Waals surface area (Å²) in [5, 5.41) is 16.1. The van der Waals surface area contributed by atoms with E-state index in [9.17, 15) is 0 Å². The Morgan fingerprint density at radius 1 is 1.26 bits per heavy atom. The highest BCUT2D eigenvalue weighted by molar-refractivity contribution is 6.30. The van der Waals surface area contributed by atoms with Gasteiger partial charge in [-0.1, -0.05) is 28.9 Å². The maximum Gasteiger partial charge on any atom is 0.129 e. The number of aromatic nitrogens is 2. The number of aryl methyl sites for hydroxylation is 1. The van der Waals surface area contributed by atoms with Crippen LogP contribution < -0.4 is 0 Å². The van der Waals surface area contributed by atoms with E-state index in [2.05, 4.69) is 15.1 Å². The molecule has 2 N–H and O–H groups in total. The predicted octanol–water partition coefficient (Wildman–Crippen LogP) is 3.49. The number of H-pyrrole nitrogens is 1. The smallest absolute Gasteiger partial charge is 0.129 e.